The lowest BCUT2D eigenvalue weighted by atomic mass is 10.1. The van der Waals surface area contributed by atoms with Crippen molar-refractivity contribution in [2.75, 3.05) is 11.5 Å². The lowest BCUT2D eigenvalue weighted by molar-refractivity contribution is 0.186. The van der Waals surface area contributed by atoms with E-state index in [2.05, 4.69) is 13.8 Å². The highest BCUT2D eigenvalue weighted by Crippen LogP contribution is 2.12. The molecule has 0 amide bonds. The second-order valence-electron chi connectivity index (χ2n) is 4.64. The lowest BCUT2D eigenvalue weighted by Gasteiger charge is -2.09. The zero-order valence-electron chi connectivity index (χ0n) is 11.2. The van der Waals surface area contributed by atoms with Gasteiger partial charge in [-0.15, -0.1) is 0 Å². The fourth-order valence-corrected chi connectivity index (χ4v) is 2.74. The first-order chi connectivity index (χ1) is 7.81. The Labute approximate surface area is 106 Å². The number of hydrogen-bond donors (Lipinski definition) is 1. The maximum atomic E-state index is 9.63. The Hall–Kier alpha value is 0.310. The minimum atomic E-state index is -0.0648. The molecule has 1 nitrogen and oxygen atoms in total. The molecular weight excluding hydrogens is 216 g/mol. The predicted octanol–water partition coefficient (Wildman–Crippen LogP) is 4.63. The van der Waals surface area contributed by atoms with Crippen LogP contribution in [0.25, 0.3) is 0 Å². The molecule has 0 aromatic rings. The van der Waals surface area contributed by atoms with Gasteiger partial charge >= 0.3 is 0 Å². The molecule has 0 aromatic heterocycles. The van der Waals surface area contributed by atoms with Crippen LogP contribution in [0, 0.1) is 0 Å². The van der Waals surface area contributed by atoms with E-state index in [4.69, 9.17) is 0 Å². The first-order valence-electron chi connectivity index (χ1n) is 7.07. The number of aliphatic hydroxyl groups is 1. The maximum Gasteiger partial charge on any atom is 0.0630 e. The van der Waals surface area contributed by atoms with Crippen LogP contribution in [-0.4, -0.2) is 22.7 Å². The average molecular weight is 246 g/mol. The molecule has 1 N–H and O–H groups in total. The van der Waals surface area contributed by atoms with Gasteiger partial charge in [0.2, 0.25) is 0 Å². The molecule has 2 heteroatoms. The molecule has 1 atom stereocenters. The summed E-state index contributed by atoms with van der Waals surface area (Å²) in [5.41, 5.74) is 0. The van der Waals surface area contributed by atoms with Crippen LogP contribution in [0.15, 0.2) is 0 Å². The highest BCUT2D eigenvalue weighted by molar-refractivity contribution is 7.99. The normalized spacial score (nSPS) is 12.9. The molecule has 0 aliphatic rings. The van der Waals surface area contributed by atoms with Crippen molar-refractivity contribution in [2.24, 2.45) is 0 Å². The van der Waals surface area contributed by atoms with Gasteiger partial charge in [-0.3, -0.25) is 0 Å². The summed E-state index contributed by atoms with van der Waals surface area (Å²) in [4.78, 5) is 0. The van der Waals surface area contributed by atoms with Gasteiger partial charge in [-0.1, -0.05) is 58.8 Å². The van der Waals surface area contributed by atoms with Crippen molar-refractivity contribution >= 4 is 11.8 Å². The summed E-state index contributed by atoms with van der Waals surface area (Å²) in [7, 11) is 0. The van der Waals surface area contributed by atoms with E-state index in [9.17, 15) is 5.11 Å². The number of thioether (sulfide) groups is 1. The van der Waals surface area contributed by atoms with Crippen LogP contribution < -0.4 is 0 Å². The molecule has 0 spiro atoms. The van der Waals surface area contributed by atoms with Crippen LogP contribution in [-0.2, 0) is 0 Å². The van der Waals surface area contributed by atoms with Gasteiger partial charge < -0.3 is 5.11 Å². The van der Waals surface area contributed by atoms with E-state index in [1.165, 1.54) is 57.1 Å². The largest absolute Gasteiger partial charge is 0.392 e. The zero-order chi connectivity index (χ0) is 12.1. The molecular formula is C14H30OS. The second kappa shape index (κ2) is 13.4. The second-order valence-corrected chi connectivity index (χ2v) is 5.79. The summed E-state index contributed by atoms with van der Waals surface area (Å²) < 4.78 is 0. The Morgan fingerprint density at radius 1 is 0.875 bits per heavy atom. The first-order valence-corrected chi connectivity index (χ1v) is 8.22. The summed E-state index contributed by atoms with van der Waals surface area (Å²) in [6.45, 7) is 4.43. The van der Waals surface area contributed by atoms with Crippen molar-refractivity contribution in [3.05, 3.63) is 0 Å². The lowest BCUT2D eigenvalue weighted by Crippen LogP contribution is -2.09. The van der Waals surface area contributed by atoms with Crippen molar-refractivity contribution < 1.29 is 5.11 Å². The molecule has 0 rings (SSSR count). The van der Waals surface area contributed by atoms with Gasteiger partial charge in [-0.25, -0.2) is 0 Å². The van der Waals surface area contributed by atoms with E-state index in [-0.39, 0.29) is 6.10 Å². The van der Waals surface area contributed by atoms with E-state index in [0.717, 1.165) is 12.2 Å². The molecule has 0 saturated carbocycles. The van der Waals surface area contributed by atoms with Gasteiger partial charge in [0.1, 0.15) is 0 Å². The summed E-state index contributed by atoms with van der Waals surface area (Å²) in [6.07, 6.45) is 11.5. The Kier molecular flexibility index (Phi) is 13.6. The third-order valence-corrected chi connectivity index (χ3v) is 4.04. The summed E-state index contributed by atoms with van der Waals surface area (Å²) in [6, 6.07) is 0. The standard InChI is InChI=1S/C14H30OS/c1-3-5-7-8-9-10-12-16-13-14(15)11-6-4-2/h14-15H,3-13H2,1-2H3. The third kappa shape index (κ3) is 12.4. The first kappa shape index (κ1) is 16.3. The molecule has 98 valence electrons. The Morgan fingerprint density at radius 3 is 2.19 bits per heavy atom. The van der Waals surface area contributed by atoms with Crippen LogP contribution in [0.2, 0.25) is 0 Å². The molecule has 0 heterocycles. The fraction of sp³-hybridized carbons (Fsp3) is 1.00. The molecule has 1 unspecified atom stereocenters. The smallest absolute Gasteiger partial charge is 0.0630 e. The Bertz CT molecular complexity index is 128. The highest BCUT2D eigenvalue weighted by atomic mass is 32.2. The van der Waals surface area contributed by atoms with Crippen molar-refractivity contribution in [3.8, 4) is 0 Å². The average Bonchev–Trinajstić information content (AvgIpc) is 2.30. The van der Waals surface area contributed by atoms with Crippen LogP contribution >= 0.6 is 11.8 Å². The van der Waals surface area contributed by atoms with Crippen LogP contribution in [0.4, 0.5) is 0 Å². The highest BCUT2D eigenvalue weighted by Gasteiger charge is 2.02. The summed E-state index contributed by atoms with van der Waals surface area (Å²) in [5.74, 6) is 2.17. The molecule has 0 radical (unpaired) electrons. The SMILES string of the molecule is CCCCCCCCSCC(O)CCCC. The predicted molar refractivity (Wildman–Crippen MR) is 76.2 cm³/mol. The molecule has 0 bridgehead atoms. The minimum absolute atomic E-state index is 0.0648. The van der Waals surface area contributed by atoms with Crippen molar-refractivity contribution in [1.29, 1.82) is 0 Å². The van der Waals surface area contributed by atoms with Crippen molar-refractivity contribution in [3.63, 3.8) is 0 Å². The topological polar surface area (TPSA) is 20.2 Å². The molecule has 16 heavy (non-hydrogen) atoms. The molecule has 0 saturated heterocycles. The maximum absolute atomic E-state index is 9.63. The van der Waals surface area contributed by atoms with Gasteiger partial charge in [0.15, 0.2) is 0 Å². The van der Waals surface area contributed by atoms with Crippen molar-refractivity contribution in [1.82, 2.24) is 0 Å². The van der Waals surface area contributed by atoms with Crippen LogP contribution in [0.5, 0.6) is 0 Å². The summed E-state index contributed by atoms with van der Waals surface area (Å²) in [5, 5.41) is 9.63. The molecule has 0 aliphatic carbocycles. The van der Waals surface area contributed by atoms with E-state index in [0.29, 0.717) is 0 Å². The van der Waals surface area contributed by atoms with E-state index in [1.807, 2.05) is 11.8 Å². The van der Waals surface area contributed by atoms with Crippen molar-refractivity contribution in [2.45, 2.75) is 77.7 Å². The molecule has 0 aliphatic heterocycles. The van der Waals surface area contributed by atoms with E-state index < -0.39 is 0 Å². The zero-order valence-corrected chi connectivity index (χ0v) is 12.0. The Balaban J connectivity index is 3.02. The number of unbranched alkanes of at least 4 members (excludes halogenated alkanes) is 6. The van der Waals surface area contributed by atoms with Gasteiger partial charge in [0.25, 0.3) is 0 Å². The van der Waals surface area contributed by atoms with Crippen LogP contribution in [0.3, 0.4) is 0 Å². The van der Waals surface area contributed by atoms with Gasteiger partial charge in [-0.05, 0) is 18.6 Å². The Morgan fingerprint density at radius 2 is 1.50 bits per heavy atom. The monoisotopic (exact) mass is 246 g/mol. The van der Waals surface area contributed by atoms with E-state index >= 15 is 0 Å². The van der Waals surface area contributed by atoms with E-state index in [1.54, 1.807) is 0 Å². The number of hydrogen-bond acceptors (Lipinski definition) is 2. The minimum Gasteiger partial charge on any atom is -0.392 e. The summed E-state index contributed by atoms with van der Waals surface area (Å²) >= 11 is 1.93. The number of rotatable bonds is 12. The fourth-order valence-electron chi connectivity index (χ4n) is 1.73. The van der Waals surface area contributed by atoms with Gasteiger partial charge in [0.05, 0.1) is 6.10 Å². The van der Waals surface area contributed by atoms with Gasteiger partial charge in [0, 0.05) is 5.75 Å². The van der Waals surface area contributed by atoms with Crippen LogP contribution in [0.1, 0.15) is 71.6 Å². The van der Waals surface area contributed by atoms with Gasteiger partial charge in [-0.2, -0.15) is 11.8 Å². The quantitative estimate of drug-likeness (QED) is 0.507. The number of aliphatic hydroxyl groups excluding tert-OH is 1. The molecule has 0 fully saturated rings. The third-order valence-electron chi connectivity index (χ3n) is 2.84. The molecule has 0 aromatic carbocycles.